The summed E-state index contributed by atoms with van der Waals surface area (Å²) < 4.78 is 12.8. The fourth-order valence-corrected chi connectivity index (χ4v) is 3.04. The van der Waals surface area contributed by atoms with Crippen LogP contribution in [-0.2, 0) is 17.6 Å². The van der Waals surface area contributed by atoms with E-state index in [-0.39, 0.29) is 18.1 Å². The summed E-state index contributed by atoms with van der Waals surface area (Å²) in [5, 5.41) is 5.61. The van der Waals surface area contributed by atoms with Crippen molar-refractivity contribution >= 4 is 17.2 Å². The molecule has 6 heteroatoms. The molecular weight excluding hydrogens is 325 g/mol. The number of rotatable bonds is 6. The first-order chi connectivity index (χ1) is 11.7. The number of hydrogen-bond acceptors (Lipinski definition) is 4. The van der Waals surface area contributed by atoms with Crippen molar-refractivity contribution in [2.45, 2.75) is 12.8 Å². The second-order valence-electron chi connectivity index (χ2n) is 5.29. The molecule has 0 unspecified atom stereocenters. The van der Waals surface area contributed by atoms with Gasteiger partial charge in [0.1, 0.15) is 10.8 Å². The van der Waals surface area contributed by atoms with Crippen LogP contribution < -0.4 is 5.32 Å². The lowest BCUT2D eigenvalue weighted by Crippen LogP contribution is -2.27. The molecule has 0 aliphatic heterocycles. The molecule has 0 saturated heterocycles. The Bertz CT molecular complexity index is 803. The van der Waals surface area contributed by atoms with Crippen molar-refractivity contribution in [2.24, 2.45) is 0 Å². The molecule has 2 heterocycles. The lowest BCUT2D eigenvalue weighted by Gasteiger charge is -2.04. The minimum absolute atomic E-state index is 0.0693. The molecular formula is C18H16FN3OS. The van der Waals surface area contributed by atoms with Gasteiger partial charge in [-0.25, -0.2) is 9.37 Å². The van der Waals surface area contributed by atoms with E-state index >= 15 is 0 Å². The molecule has 0 aliphatic rings. The molecule has 3 rings (SSSR count). The molecule has 3 aromatic rings. The second kappa shape index (κ2) is 7.79. The number of benzene rings is 1. The third-order valence-corrected chi connectivity index (χ3v) is 4.39. The average Bonchev–Trinajstić information content (AvgIpc) is 3.06. The van der Waals surface area contributed by atoms with Crippen molar-refractivity contribution in [3.8, 4) is 10.6 Å². The maximum atomic E-state index is 12.8. The number of amides is 1. The van der Waals surface area contributed by atoms with Crippen molar-refractivity contribution in [3.05, 3.63) is 71.2 Å². The molecule has 4 nitrogen and oxygen atoms in total. The fraction of sp³-hybridized carbons (Fsp3) is 0.167. The number of thiazole rings is 1. The van der Waals surface area contributed by atoms with E-state index in [1.165, 1.54) is 23.5 Å². The van der Waals surface area contributed by atoms with Gasteiger partial charge in [0.2, 0.25) is 5.91 Å². The van der Waals surface area contributed by atoms with Crippen molar-refractivity contribution in [2.75, 3.05) is 6.54 Å². The maximum absolute atomic E-state index is 12.8. The van der Waals surface area contributed by atoms with Gasteiger partial charge in [-0.15, -0.1) is 11.3 Å². The molecule has 0 atom stereocenters. The van der Waals surface area contributed by atoms with Crippen molar-refractivity contribution in [1.29, 1.82) is 0 Å². The standard InChI is InChI=1S/C18H16FN3OS/c19-15-5-3-13(4-6-15)7-9-21-17(23)10-16-12-24-18(22-16)14-2-1-8-20-11-14/h1-6,8,11-12H,7,9-10H2,(H,21,23). The molecule has 1 amide bonds. The van der Waals surface area contributed by atoms with Crippen LogP contribution in [0.5, 0.6) is 0 Å². The number of nitrogens with zero attached hydrogens (tertiary/aromatic N) is 2. The predicted octanol–water partition coefficient (Wildman–Crippen LogP) is 3.25. The number of carbonyl (C=O) groups is 1. The highest BCUT2D eigenvalue weighted by molar-refractivity contribution is 7.13. The summed E-state index contributed by atoms with van der Waals surface area (Å²) in [7, 11) is 0. The topological polar surface area (TPSA) is 54.9 Å². The van der Waals surface area contributed by atoms with E-state index in [0.717, 1.165) is 21.8 Å². The molecule has 0 spiro atoms. The summed E-state index contributed by atoms with van der Waals surface area (Å²) in [5.41, 5.74) is 2.69. The number of carbonyl (C=O) groups excluding carboxylic acids is 1. The first-order valence-corrected chi connectivity index (χ1v) is 8.44. The molecule has 0 fully saturated rings. The Morgan fingerprint density at radius 3 is 2.79 bits per heavy atom. The van der Waals surface area contributed by atoms with Gasteiger partial charge >= 0.3 is 0 Å². The fourth-order valence-electron chi connectivity index (χ4n) is 2.23. The minimum atomic E-state index is -0.254. The predicted molar refractivity (Wildman–Crippen MR) is 92.2 cm³/mol. The smallest absolute Gasteiger partial charge is 0.226 e. The van der Waals surface area contributed by atoms with E-state index in [4.69, 9.17) is 0 Å². The number of hydrogen-bond donors (Lipinski definition) is 1. The van der Waals surface area contributed by atoms with Gasteiger partial charge in [0, 0.05) is 29.9 Å². The lowest BCUT2D eigenvalue weighted by atomic mass is 10.1. The van der Waals surface area contributed by atoms with Crippen LogP contribution in [0.25, 0.3) is 10.6 Å². The number of aromatic nitrogens is 2. The lowest BCUT2D eigenvalue weighted by molar-refractivity contribution is -0.120. The Hall–Kier alpha value is -2.60. The zero-order valence-corrected chi connectivity index (χ0v) is 13.7. The quantitative estimate of drug-likeness (QED) is 0.749. The molecule has 2 aromatic heterocycles. The summed E-state index contributed by atoms with van der Waals surface area (Å²) in [6.07, 6.45) is 4.39. The van der Waals surface area contributed by atoms with Gasteiger partial charge in [-0.2, -0.15) is 0 Å². The average molecular weight is 341 g/mol. The van der Waals surface area contributed by atoms with Crippen molar-refractivity contribution in [1.82, 2.24) is 15.3 Å². The minimum Gasteiger partial charge on any atom is -0.355 e. The number of halogens is 1. The van der Waals surface area contributed by atoms with Crippen molar-refractivity contribution < 1.29 is 9.18 Å². The Balaban J connectivity index is 1.48. The summed E-state index contributed by atoms with van der Waals surface area (Å²) in [5.74, 6) is -0.323. The van der Waals surface area contributed by atoms with E-state index in [1.807, 2.05) is 17.5 Å². The van der Waals surface area contributed by atoms with E-state index < -0.39 is 0 Å². The van der Waals surface area contributed by atoms with Crippen LogP contribution in [0.15, 0.2) is 54.2 Å². The zero-order valence-electron chi connectivity index (χ0n) is 12.9. The molecule has 1 N–H and O–H groups in total. The van der Waals surface area contributed by atoms with Crippen LogP contribution in [0.3, 0.4) is 0 Å². The largest absolute Gasteiger partial charge is 0.355 e. The van der Waals surface area contributed by atoms with Gasteiger partial charge in [0.15, 0.2) is 0 Å². The summed E-state index contributed by atoms with van der Waals surface area (Å²) in [6, 6.07) is 10.1. The maximum Gasteiger partial charge on any atom is 0.226 e. The first-order valence-electron chi connectivity index (χ1n) is 7.56. The summed E-state index contributed by atoms with van der Waals surface area (Å²) in [4.78, 5) is 20.5. The van der Waals surface area contributed by atoms with Crippen LogP contribution in [0.1, 0.15) is 11.3 Å². The highest BCUT2D eigenvalue weighted by Gasteiger charge is 2.09. The number of pyridine rings is 1. The number of nitrogens with one attached hydrogen (secondary N) is 1. The van der Waals surface area contributed by atoms with Crippen molar-refractivity contribution in [3.63, 3.8) is 0 Å². The Morgan fingerprint density at radius 1 is 1.21 bits per heavy atom. The zero-order chi connectivity index (χ0) is 16.8. The van der Waals surface area contributed by atoms with Crippen LogP contribution in [0, 0.1) is 5.82 Å². The summed E-state index contributed by atoms with van der Waals surface area (Å²) in [6.45, 7) is 0.518. The Kier molecular flexibility index (Phi) is 5.28. The van der Waals surface area contributed by atoms with Gasteiger partial charge in [0.05, 0.1) is 12.1 Å². The highest BCUT2D eigenvalue weighted by atomic mass is 32.1. The third-order valence-electron chi connectivity index (χ3n) is 3.45. The molecule has 122 valence electrons. The molecule has 24 heavy (non-hydrogen) atoms. The second-order valence-corrected chi connectivity index (χ2v) is 6.15. The third kappa shape index (κ3) is 4.45. The van der Waals surface area contributed by atoms with Crippen LogP contribution in [-0.4, -0.2) is 22.4 Å². The van der Waals surface area contributed by atoms with Gasteiger partial charge < -0.3 is 5.32 Å². The normalized spacial score (nSPS) is 10.5. The van der Waals surface area contributed by atoms with Crippen LogP contribution >= 0.6 is 11.3 Å². The van der Waals surface area contributed by atoms with E-state index in [9.17, 15) is 9.18 Å². The van der Waals surface area contributed by atoms with Crippen LogP contribution in [0.4, 0.5) is 4.39 Å². The van der Waals surface area contributed by atoms with E-state index in [2.05, 4.69) is 15.3 Å². The summed E-state index contributed by atoms with van der Waals surface area (Å²) >= 11 is 1.50. The van der Waals surface area contributed by atoms with Crippen LogP contribution in [0.2, 0.25) is 0 Å². The first kappa shape index (κ1) is 16.3. The van der Waals surface area contributed by atoms with Gasteiger partial charge in [-0.1, -0.05) is 12.1 Å². The molecule has 0 aliphatic carbocycles. The molecule has 0 saturated carbocycles. The van der Waals surface area contributed by atoms with E-state index in [1.54, 1.807) is 24.5 Å². The van der Waals surface area contributed by atoms with Gasteiger partial charge in [0.25, 0.3) is 0 Å². The molecule has 0 radical (unpaired) electrons. The molecule has 0 bridgehead atoms. The van der Waals surface area contributed by atoms with E-state index in [0.29, 0.717) is 13.0 Å². The SMILES string of the molecule is O=C(Cc1csc(-c2cccnc2)n1)NCCc1ccc(F)cc1. The molecule has 1 aromatic carbocycles. The highest BCUT2D eigenvalue weighted by Crippen LogP contribution is 2.22. The Morgan fingerprint density at radius 2 is 2.04 bits per heavy atom. The monoisotopic (exact) mass is 341 g/mol. The Labute approximate surface area is 143 Å². The van der Waals surface area contributed by atoms with Gasteiger partial charge in [-0.05, 0) is 36.2 Å². The van der Waals surface area contributed by atoms with Gasteiger partial charge in [-0.3, -0.25) is 9.78 Å².